The van der Waals surface area contributed by atoms with Crippen molar-refractivity contribution in [1.29, 1.82) is 0 Å². The Kier molecular flexibility index (Phi) is 6.97. The van der Waals surface area contributed by atoms with Gasteiger partial charge in [0.25, 0.3) is 11.8 Å². The molecule has 0 heterocycles. The maximum atomic E-state index is 12.7. The predicted octanol–water partition coefficient (Wildman–Crippen LogP) is 2.95. The Morgan fingerprint density at radius 3 is 1.97 bits per heavy atom. The molecule has 0 spiro atoms. The van der Waals surface area contributed by atoms with Gasteiger partial charge in [-0.1, -0.05) is 17.7 Å². The van der Waals surface area contributed by atoms with E-state index in [4.69, 9.17) is 10.5 Å². The van der Waals surface area contributed by atoms with Gasteiger partial charge in [-0.05, 0) is 67.6 Å². The zero-order valence-electron chi connectivity index (χ0n) is 17.6. The van der Waals surface area contributed by atoms with Gasteiger partial charge in [-0.2, -0.15) is 0 Å². The van der Waals surface area contributed by atoms with E-state index in [1.54, 1.807) is 54.6 Å². The zero-order chi connectivity index (χ0) is 23.1. The van der Waals surface area contributed by atoms with Crippen LogP contribution in [-0.2, 0) is 0 Å². The van der Waals surface area contributed by atoms with Crippen molar-refractivity contribution in [2.45, 2.75) is 6.92 Å². The van der Waals surface area contributed by atoms with Gasteiger partial charge in [-0.25, -0.2) is 4.99 Å². The number of nitrogens with zero attached hydrogens (tertiary/aromatic N) is 1. The van der Waals surface area contributed by atoms with E-state index in [-0.39, 0.29) is 5.96 Å². The van der Waals surface area contributed by atoms with Gasteiger partial charge in [-0.3, -0.25) is 25.0 Å². The number of amides is 3. The summed E-state index contributed by atoms with van der Waals surface area (Å²) in [6.45, 7) is 1.87. The standard InChI is InChI=1S/C24H22N4O4/c1-15-4-3-5-18(14-15)23(31)28-24(26-19-10-6-16(7-11-19)21(25)29)27-22(30)17-8-12-20(32-2)13-9-17/h3-14H,1-2H3,(H2,25,29)(H2,26,27,28,30,31). The quantitative estimate of drug-likeness (QED) is 0.425. The molecule has 8 heteroatoms. The van der Waals surface area contributed by atoms with Gasteiger partial charge in [0.15, 0.2) is 0 Å². The highest BCUT2D eigenvalue weighted by atomic mass is 16.5. The molecule has 0 saturated heterocycles. The van der Waals surface area contributed by atoms with E-state index in [9.17, 15) is 14.4 Å². The predicted molar refractivity (Wildman–Crippen MR) is 121 cm³/mol. The van der Waals surface area contributed by atoms with Gasteiger partial charge in [0.1, 0.15) is 5.75 Å². The second-order valence-electron chi connectivity index (χ2n) is 6.88. The normalized spacial score (nSPS) is 10.9. The van der Waals surface area contributed by atoms with Crippen LogP contribution < -0.4 is 21.1 Å². The SMILES string of the molecule is COc1ccc(C(=O)NC(=Nc2ccc(C(N)=O)cc2)NC(=O)c2cccc(C)c2)cc1. The summed E-state index contributed by atoms with van der Waals surface area (Å²) in [5, 5.41) is 5.25. The van der Waals surface area contributed by atoms with Crippen LogP contribution in [0.2, 0.25) is 0 Å². The molecule has 4 N–H and O–H groups in total. The Hall–Kier alpha value is -4.46. The largest absolute Gasteiger partial charge is 0.497 e. The highest BCUT2D eigenvalue weighted by Crippen LogP contribution is 2.14. The molecule has 0 aliphatic carbocycles. The number of aliphatic imine (C=N–C) groups is 1. The lowest BCUT2D eigenvalue weighted by molar-refractivity contribution is 0.0962. The van der Waals surface area contributed by atoms with Crippen molar-refractivity contribution in [3.63, 3.8) is 0 Å². The third kappa shape index (κ3) is 5.79. The zero-order valence-corrected chi connectivity index (χ0v) is 17.6. The van der Waals surface area contributed by atoms with Crippen molar-refractivity contribution in [1.82, 2.24) is 10.6 Å². The minimum atomic E-state index is -0.568. The first-order chi connectivity index (χ1) is 15.4. The molecular formula is C24H22N4O4. The fourth-order valence-corrected chi connectivity index (χ4v) is 2.80. The third-order valence-corrected chi connectivity index (χ3v) is 4.49. The van der Waals surface area contributed by atoms with Gasteiger partial charge in [0.2, 0.25) is 11.9 Å². The smallest absolute Gasteiger partial charge is 0.257 e. The second-order valence-corrected chi connectivity index (χ2v) is 6.88. The first kappa shape index (κ1) is 22.2. The Balaban J connectivity index is 1.87. The lowest BCUT2D eigenvalue weighted by Crippen LogP contribution is -2.43. The Morgan fingerprint density at radius 2 is 1.41 bits per heavy atom. The molecule has 0 atom stereocenters. The summed E-state index contributed by atoms with van der Waals surface area (Å²) in [4.78, 5) is 41.0. The first-order valence-corrected chi connectivity index (χ1v) is 9.67. The molecule has 0 fully saturated rings. The van der Waals surface area contributed by atoms with Crippen molar-refractivity contribution < 1.29 is 19.1 Å². The lowest BCUT2D eigenvalue weighted by Gasteiger charge is -2.12. The minimum absolute atomic E-state index is 0.0656. The molecular weight excluding hydrogens is 408 g/mol. The van der Waals surface area contributed by atoms with E-state index in [2.05, 4.69) is 15.6 Å². The highest BCUT2D eigenvalue weighted by molar-refractivity contribution is 6.13. The van der Waals surface area contributed by atoms with E-state index in [1.807, 2.05) is 13.0 Å². The van der Waals surface area contributed by atoms with Crippen molar-refractivity contribution in [3.8, 4) is 5.75 Å². The van der Waals surface area contributed by atoms with Crippen LogP contribution in [0.3, 0.4) is 0 Å². The number of methoxy groups -OCH3 is 1. The number of hydrogen-bond donors (Lipinski definition) is 3. The van der Waals surface area contributed by atoms with Crippen LogP contribution in [0.15, 0.2) is 77.8 Å². The number of aryl methyl sites for hydroxylation is 1. The number of ether oxygens (including phenoxy) is 1. The van der Waals surface area contributed by atoms with Crippen molar-refractivity contribution >= 4 is 29.4 Å². The lowest BCUT2D eigenvalue weighted by atomic mass is 10.1. The summed E-state index contributed by atoms with van der Waals surface area (Å²) in [6, 6.07) is 19.6. The second kappa shape index (κ2) is 10.0. The highest BCUT2D eigenvalue weighted by Gasteiger charge is 2.14. The molecule has 0 bridgehead atoms. The van der Waals surface area contributed by atoms with E-state index >= 15 is 0 Å². The van der Waals surface area contributed by atoms with E-state index in [0.717, 1.165) is 5.56 Å². The fourth-order valence-electron chi connectivity index (χ4n) is 2.80. The molecule has 32 heavy (non-hydrogen) atoms. The maximum absolute atomic E-state index is 12.7. The van der Waals surface area contributed by atoms with Gasteiger partial charge in [-0.15, -0.1) is 0 Å². The Morgan fingerprint density at radius 1 is 0.812 bits per heavy atom. The molecule has 0 saturated carbocycles. The fraction of sp³-hybridized carbons (Fsp3) is 0.0833. The van der Waals surface area contributed by atoms with E-state index in [0.29, 0.717) is 28.1 Å². The molecule has 3 amide bonds. The molecule has 0 aliphatic heterocycles. The van der Waals surface area contributed by atoms with Crippen LogP contribution in [0.5, 0.6) is 5.75 Å². The summed E-state index contributed by atoms with van der Waals surface area (Å²) < 4.78 is 5.10. The summed E-state index contributed by atoms with van der Waals surface area (Å²) in [7, 11) is 1.53. The number of nitrogens with one attached hydrogen (secondary N) is 2. The monoisotopic (exact) mass is 430 g/mol. The van der Waals surface area contributed by atoms with Crippen LogP contribution in [0.4, 0.5) is 5.69 Å². The molecule has 0 aliphatic rings. The Bertz CT molecular complexity index is 1170. The van der Waals surface area contributed by atoms with Crippen LogP contribution in [-0.4, -0.2) is 30.8 Å². The van der Waals surface area contributed by atoms with Crippen LogP contribution in [0.25, 0.3) is 0 Å². The third-order valence-electron chi connectivity index (χ3n) is 4.49. The number of carbonyl (C=O) groups is 3. The maximum Gasteiger partial charge on any atom is 0.257 e. The average molecular weight is 430 g/mol. The summed E-state index contributed by atoms with van der Waals surface area (Å²) in [5.41, 5.74) is 7.67. The van der Waals surface area contributed by atoms with Crippen molar-refractivity contribution in [2.75, 3.05) is 7.11 Å². The molecule has 8 nitrogen and oxygen atoms in total. The average Bonchev–Trinajstić information content (AvgIpc) is 2.79. The summed E-state index contributed by atoms with van der Waals surface area (Å²) >= 11 is 0. The van der Waals surface area contributed by atoms with Crippen molar-refractivity contribution in [3.05, 3.63) is 95.1 Å². The number of guanidine groups is 1. The van der Waals surface area contributed by atoms with E-state index < -0.39 is 17.7 Å². The van der Waals surface area contributed by atoms with Crippen LogP contribution in [0, 0.1) is 6.92 Å². The molecule has 0 aromatic heterocycles. The number of hydrogen-bond acceptors (Lipinski definition) is 5. The van der Waals surface area contributed by atoms with Gasteiger partial charge >= 0.3 is 0 Å². The Labute approximate surface area is 185 Å². The molecule has 0 radical (unpaired) electrons. The number of benzene rings is 3. The van der Waals surface area contributed by atoms with E-state index in [1.165, 1.54) is 19.2 Å². The molecule has 0 unspecified atom stereocenters. The topological polar surface area (TPSA) is 123 Å². The van der Waals surface area contributed by atoms with Gasteiger partial charge < -0.3 is 10.5 Å². The number of rotatable bonds is 5. The number of nitrogens with two attached hydrogens (primary N) is 1. The summed E-state index contributed by atoms with van der Waals surface area (Å²) in [6.07, 6.45) is 0. The number of primary amides is 1. The minimum Gasteiger partial charge on any atom is -0.497 e. The van der Waals surface area contributed by atoms with Crippen LogP contribution >= 0.6 is 0 Å². The van der Waals surface area contributed by atoms with Crippen LogP contribution in [0.1, 0.15) is 36.6 Å². The number of carbonyl (C=O) groups excluding carboxylic acids is 3. The van der Waals surface area contributed by atoms with Gasteiger partial charge in [0, 0.05) is 16.7 Å². The van der Waals surface area contributed by atoms with Crippen molar-refractivity contribution in [2.24, 2.45) is 10.7 Å². The van der Waals surface area contributed by atoms with Gasteiger partial charge in [0.05, 0.1) is 12.8 Å². The molecule has 162 valence electrons. The molecule has 3 aromatic carbocycles. The molecule has 3 rings (SSSR count). The summed E-state index contributed by atoms with van der Waals surface area (Å²) in [5.74, 6) is -0.927. The molecule has 3 aromatic rings. The first-order valence-electron chi connectivity index (χ1n) is 9.67.